The van der Waals surface area contributed by atoms with Gasteiger partial charge >= 0.3 is 0 Å². The highest BCUT2D eigenvalue weighted by Gasteiger charge is 2.30. The molecule has 0 bridgehead atoms. The standard InChI is InChI=1S/C39H42N6O4/c40-38(47)34-13-15-35(41-37(34)28-9-11-32(12-10-28)49-31-7-2-1-3-8-31)45-19-17-30(18-20-45)44-23-21-43(22-24-44)26-27-5-4-6-29(25-27)33-14-16-36(46)42-39(33)48/h1-13,15,25,30,33H,14,16-24,26H2,(H2,40,47)(H,42,46,48). The molecule has 0 spiro atoms. The van der Waals surface area contributed by atoms with Gasteiger partial charge in [0, 0.05) is 63.8 Å². The zero-order valence-electron chi connectivity index (χ0n) is 27.6. The molecule has 1 atom stereocenters. The predicted octanol–water partition coefficient (Wildman–Crippen LogP) is 4.95. The zero-order valence-corrected chi connectivity index (χ0v) is 27.6. The highest BCUT2D eigenvalue weighted by Crippen LogP contribution is 2.31. The molecule has 3 saturated heterocycles. The first kappa shape index (κ1) is 32.5. The van der Waals surface area contributed by atoms with Gasteiger partial charge in [-0.2, -0.15) is 0 Å². The number of pyridine rings is 1. The van der Waals surface area contributed by atoms with Crippen LogP contribution in [0, 0.1) is 0 Å². The second-order valence-electron chi connectivity index (χ2n) is 13.1. The van der Waals surface area contributed by atoms with Gasteiger partial charge in [-0.3, -0.25) is 29.5 Å². The Labute approximate surface area is 286 Å². The fraction of sp³-hybridized carbons (Fsp3) is 0.333. The third-order valence-electron chi connectivity index (χ3n) is 9.96. The zero-order chi connectivity index (χ0) is 33.7. The molecule has 49 heavy (non-hydrogen) atoms. The lowest BCUT2D eigenvalue weighted by Gasteiger charge is -2.43. The van der Waals surface area contributed by atoms with E-state index < -0.39 is 5.91 Å². The van der Waals surface area contributed by atoms with E-state index in [1.165, 1.54) is 5.56 Å². The lowest BCUT2D eigenvalue weighted by Crippen LogP contribution is -2.53. The minimum atomic E-state index is -0.501. The topological polar surface area (TPSA) is 121 Å². The van der Waals surface area contributed by atoms with Crippen molar-refractivity contribution >= 4 is 23.5 Å². The van der Waals surface area contributed by atoms with Gasteiger partial charge in [0.2, 0.25) is 11.8 Å². The first-order chi connectivity index (χ1) is 23.9. The fourth-order valence-corrected chi connectivity index (χ4v) is 7.27. The summed E-state index contributed by atoms with van der Waals surface area (Å²) < 4.78 is 5.94. The number of nitrogens with one attached hydrogen (secondary N) is 1. The summed E-state index contributed by atoms with van der Waals surface area (Å²) in [5, 5.41) is 2.48. The van der Waals surface area contributed by atoms with Crippen LogP contribution >= 0.6 is 0 Å². The molecule has 1 unspecified atom stereocenters. The highest BCUT2D eigenvalue weighted by atomic mass is 16.5. The Morgan fingerprint density at radius 3 is 2.27 bits per heavy atom. The van der Waals surface area contributed by atoms with E-state index in [0.717, 1.165) is 81.3 Å². The summed E-state index contributed by atoms with van der Waals surface area (Å²) in [6.07, 6.45) is 3.06. The molecule has 10 nitrogen and oxygen atoms in total. The number of imide groups is 1. The van der Waals surface area contributed by atoms with Gasteiger partial charge < -0.3 is 15.4 Å². The number of hydrogen-bond acceptors (Lipinski definition) is 8. The summed E-state index contributed by atoms with van der Waals surface area (Å²) in [6, 6.07) is 29.7. The molecular formula is C39H42N6O4. The molecule has 7 rings (SSSR count). The van der Waals surface area contributed by atoms with Crippen LogP contribution in [0.1, 0.15) is 53.1 Å². The van der Waals surface area contributed by atoms with Crippen LogP contribution < -0.4 is 20.7 Å². The van der Waals surface area contributed by atoms with Gasteiger partial charge in [0.1, 0.15) is 17.3 Å². The van der Waals surface area contributed by atoms with Gasteiger partial charge in [0.15, 0.2) is 0 Å². The molecule has 1 aromatic heterocycles. The van der Waals surface area contributed by atoms with Crippen molar-refractivity contribution < 1.29 is 19.1 Å². The normalized spacial score (nSPS) is 19.4. The van der Waals surface area contributed by atoms with E-state index >= 15 is 0 Å². The van der Waals surface area contributed by atoms with Crippen LogP contribution in [0.25, 0.3) is 11.3 Å². The van der Waals surface area contributed by atoms with Crippen LogP contribution in [0.5, 0.6) is 11.5 Å². The third kappa shape index (κ3) is 7.66. The van der Waals surface area contributed by atoms with Crippen molar-refractivity contribution in [3.63, 3.8) is 0 Å². The van der Waals surface area contributed by atoms with E-state index in [2.05, 4.69) is 32.1 Å². The van der Waals surface area contributed by atoms with Crippen molar-refractivity contribution in [3.05, 3.63) is 108 Å². The van der Waals surface area contributed by atoms with Crippen LogP contribution in [0.2, 0.25) is 0 Å². The Balaban J connectivity index is 0.931. The number of piperidine rings is 2. The van der Waals surface area contributed by atoms with Crippen LogP contribution in [0.4, 0.5) is 5.82 Å². The number of aromatic nitrogens is 1. The largest absolute Gasteiger partial charge is 0.457 e. The molecule has 3 amide bonds. The number of piperazine rings is 1. The summed E-state index contributed by atoms with van der Waals surface area (Å²) in [4.78, 5) is 48.7. The lowest BCUT2D eigenvalue weighted by atomic mass is 9.89. The smallest absolute Gasteiger partial charge is 0.250 e. The minimum Gasteiger partial charge on any atom is -0.457 e. The van der Waals surface area contributed by atoms with Crippen molar-refractivity contribution in [1.82, 2.24) is 20.1 Å². The average molecular weight is 659 g/mol. The molecular weight excluding hydrogens is 616 g/mol. The van der Waals surface area contributed by atoms with Crippen molar-refractivity contribution in [2.45, 2.75) is 44.2 Å². The van der Waals surface area contributed by atoms with Crippen molar-refractivity contribution in [2.24, 2.45) is 5.73 Å². The monoisotopic (exact) mass is 658 g/mol. The van der Waals surface area contributed by atoms with E-state index in [0.29, 0.717) is 35.9 Å². The molecule has 3 aliphatic rings. The number of carbonyl (C=O) groups excluding carboxylic acids is 3. The average Bonchev–Trinajstić information content (AvgIpc) is 3.13. The van der Waals surface area contributed by atoms with E-state index in [9.17, 15) is 14.4 Å². The summed E-state index contributed by atoms with van der Waals surface area (Å²) in [5.41, 5.74) is 9.75. The van der Waals surface area contributed by atoms with Crippen LogP contribution in [-0.4, -0.2) is 77.8 Å². The Hall–Kier alpha value is -5.06. The maximum Gasteiger partial charge on any atom is 0.250 e. The number of benzene rings is 3. The maximum absolute atomic E-state index is 12.4. The van der Waals surface area contributed by atoms with Crippen LogP contribution in [0.3, 0.4) is 0 Å². The number of nitrogens with zero attached hydrogens (tertiary/aromatic N) is 4. The number of hydrogen-bond donors (Lipinski definition) is 2. The Morgan fingerprint density at radius 2 is 1.55 bits per heavy atom. The Kier molecular flexibility index (Phi) is 9.68. The second kappa shape index (κ2) is 14.6. The number of nitrogens with two attached hydrogens (primary N) is 1. The minimum absolute atomic E-state index is 0.182. The summed E-state index contributed by atoms with van der Waals surface area (Å²) in [6.45, 7) is 6.68. The third-order valence-corrected chi connectivity index (χ3v) is 9.96. The quantitative estimate of drug-likeness (QED) is 0.243. The molecule has 0 aliphatic carbocycles. The Bertz CT molecular complexity index is 1800. The predicted molar refractivity (Wildman–Crippen MR) is 188 cm³/mol. The number of primary amides is 1. The van der Waals surface area contributed by atoms with Crippen molar-refractivity contribution in [1.29, 1.82) is 0 Å². The highest BCUT2D eigenvalue weighted by molar-refractivity contribution is 6.01. The number of para-hydroxylation sites is 1. The number of amides is 3. The first-order valence-electron chi connectivity index (χ1n) is 17.2. The first-order valence-corrected chi connectivity index (χ1v) is 17.2. The van der Waals surface area contributed by atoms with E-state index in [4.69, 9.17) is 15.5 Å². The van der Waals surface area contributed by atoms with Gasteiger partial charge in [-0.1, -0.05) is 42.5 Å². The number of anilines is 1. The molecule has 3 aliphatic heterocycles. The summed E-state index contributed by atoms with van der Waals surface area (Å²) >= 11 is 0. The van der Waals surface area contributed by atoms with Crippen LogP contribution in [0.15, 0.2) is 91.0 Å². The molecule has 4 aromatic rings. The van der Waals surface area contributed by atoms with Gasteiger partial charge in [0.05, 0.1) is 17.2 Å². The summed E-state index contributed by atoms with van der Waals surface area (Å²) in [5.74, 6) is 1.19. The maximum atomic E-state index is 12.4. The molecule has 3 aromatic carbocycles. The number of rotatable bonds is 9. The SMILES string of the molecule is NC(=O)c1ccc(N2CCC(N3CCN(Cc4cccc(C5CCC(=O)NC5=O)c4)CC3)CC2)nc1-c1ccc(Oc2ccccc2)cc1. The number of ether oxygens (including phenoxy) is 1. The number of carbonyl (C=O) groups is 3. The van der Waals surface area contributed by atoms with Gasteiger partial charge in [-0.15, -0.1) is 0 Å². The molecule has 4 heterocycles. The van der Waals surface area contributed by atoms with E-state index in [1.807, 2.05) is 72.8 Å². The lowest BCUT2D eigenvalue weighted by molar-refractivity contribution is -0.134. The molecule has 10 heteroatoms. The molecule has 252 valence electrons. The summed E-state index contributed by atoms with van der Waals surface area (Å²) in [7, 11) is 0. The molecule has 3 fully saturated rings. The van der Waals surface area contributed by atoms with Crippen molar-refractivity contribution in [2.75, 3.05) is 44.2 Å². The van der Waals surface area contributed by atoms with E-state index in [1.54, 1.807) is 6.07 Å². The van der Waals surface area contributed by atoms with Gasteiger partial charge in [-0.05, 0) is 78.9 Å². The van der Waals surface area contributed by atoms with Gasteiger partial charge in [-0.25, -0.2) is 4.98 Å². The fourth-order valence-electron chi connectivity index (χ4n) is 7.27. The molecule has 0 saturated carbocycles. The second-order valence-corrected chi connectivity index (χ2v) is 13.1. The van der Waals surface area contributed by atoms with Gasteiger partial charge in [0.25, 0.3) is 5.91 Å². The Morgan fingerprint density at radius 1 is 0.816 bits per heavy atom. The van der Waals surface area contributed by atoms with Crippen molar-refractivity contribution in [3.8, 4) is 22.8 Å². The molecule has 3 N–H and O–H groups in total. The molecule has 0 radical (unpaired) electrons. The van der Waals surface area contributed by atoms with E-state index in [-0.39, 0.29) is 17.7 Å². The van der Waals surface area contributed by atoms with Crippen LogP contribution in [-0.2, 0) is 16.1 Å².